The van der Waals surface area contributed by atoms with Gasteiger partial charge in [-0.3, -0.25) is 0 Å². The summed E-state index contributed by atoms with van der Waals surface area (Å²) in [7, 11) is 0. The van der Waals surface area contributed by atoms with Crippen LogP contribution in [0, 0.1) is 0 Å². The lowest BCUT2D eigenvalue weighted by Gasteiger charge is -2.20. The second kappa shape index (κ2) is 9.94. The normalized spacial score (nSPS) is 10.9. The van der Waals surface area contributed by atoms with Crippen LogP contribution in [-0.4, -0.2) is 24.1 Å². The molecule has 5 heteroatoms. The summed E-state index contributed by atoms with van der Waals surface area (Å²) in [4.78, 5) is 24.9. The molecular formula is C26H26O5. The van der Waals surface area contributed by atoms with Crippen LogP contribution in [0.1, 0.15) is 36.7 Å². The van der Waals surface area contributed by atoms with E-state index >= 15 is 0 Å². The monoisotopic (exact) mass is 418 g/mol. The third-order valence-corrected chi connectivity index (χ3v) is 4.28. The van der Waals surface area contributed by atoms with Gasteiger partial charge in [0.2, 0.25) is 0 Å². The largest absolute Gasteiger partial charge is 0.481 e. The van der Waals surface area contributed by atoms with Crippen LogP contribution in [0.3, 0.4) is 0 Å². The molecule has 3 aromatic carbocycles. The standard InChI is InChI=1S/C26H26O5/c1-26(2,3)31-24(27)18-29-23-15-14-21(20-12-8-5-9-13-20)16-22(23)25(28)30-17-19-10-6-4-7-11-19/h4-16H,17-18H2,1-3H3. The SMILES string of the molecule is CC(C)(C)OC(=O)COc1ccc(-c2ccccc2)cc1C(=O)OCc1ccccc1. The molecule has 0 aliphatic rings. The van der Waals surface area contributed by atoms with Gasteiger partial charge in [0.25, 0.3) is 0 Å². The van der Waals surface area contributed by atoms with Gasteiger partial charge in [-0.2, -0.15) is 0 Å². The second-order valence-electron chi connectivity index (χ2n) is 8.01. The van der Waals surface area contributed by atoms with Crippen LogP contribution in [-0.2, 0) is 20.9 Å². The van der Waals surface area contributed by atoms with Crippen molar-refractivity contribution < 1.29 is 23.8 Å². The first kappa shape index (κ1) is 22.1. The van der Waals surface area contributed by atoms with Crippen LogP contribution in [0.4, 0.5) is 0 Å². The van der Waals surface area contributed by atoms with Crippen molar-refractivity contribution in [3.8, 4) is 16.9 Å². The Morgan fingerprint density at radius 3 is 2.10 bits per heavy atom. The molecule has 0 saturated heterocycles. The van der Waals surface area contributed by atoms with Gasteiger partial charge in [-0.25, -0.2) is 9.59 Å². The van der Waals surface area contributed by atoms with Gasteiger partial charge in [-0.05, 0) is 49.6 Å². The van der Waals surface area contributed by atoms with Crippen LogP contribution in [0.25, 0.3) is 11.1 Å². The average molecular weight is 418 g/mol. The first-order valence-corrected chi connectivity index (χ1v) is 10.1. The number of ether oxygens (including phenoxy) is 3. The molecule has 0 aliphatic heterocycles. The fraction of sp³-hybridized carbons (Fsp3) is 0.231. The minimum atomic E-state index is -0.616. The van der Waals surface area contributed by atoms with Crippen LogP contribution >= 0.6 is 0 Å². The highest BCUT2D eigenvalue weighted by Gasteiger charge is 2.20. The van der Waals surface area contributed by atoms with E-state index in [0.717, 1.165) is 16.7 Å². The number of benzene rings is 3. The summed E-state index contributed by atoms with van der Waals surface area (Å²) in [6.07, 6.45) is 0. The van der Waals surface area contributed by atoms with E-state index in [1.54, 1.807) is 32.9 Å². The van der Waals surface area contributed by atoms with Gasteiger partial charge in [0.05, 0.1) is 0 Å². The van der Waals surface area contributed by atoms with Crippen molar-refractivity contribution in [2.24, 2.45) is 0 Å². The molecule has 0 aromatic heterocycles. The molecule has 0 spiro atoms. The molecule has 160 valence electrons. The Kier molecular flexibility index (Phi) is 7.08. The van der Waals surface area contributed by atoms with E-state index in [1.807, 2.05) is 66.7 Å². The predicted octanol–water partition coefficient (Wildman–Crippen LogP) is 5.43. The number of rotatable bonds is 7. The molecule has 0 N–H and O–H groups in total. The fourth-order valence-electron chi connectivity index (χ4n) is 2.93. The van der Waals surface area contributed by atoms with Crippen molar-refractivity contribution in [1.29, 1.82) is 0 Å². The minimum absolute atomic E-state index is 0.140. The first-order valence-electron chi connectivity index (χ1n) is 10.1. The van der Waals surface area contributed by atoms with Gasteiger partial charge in [-0.15, -0.1) is 0 Å². The van der Waals surface area contributed by atoms with Gasteiger partial charge < -0.3 is 14.2 Å². The number of hydrogen-bond acceptors (Lipinski definition) is 5. The molecule has 0 saturated carbocycles. The summed E-state index contributed by atoms with van der Waals surface area (Å²) in [5, 5.41) is 0. The van der Waals surface area contributed by atoms with E-state index < -0.39 is 17.5 Å². The maximum Gasteiger partial charge on any atom is 0.344 e. The van der Waals surface area contributed by atoms with Gasteiger partial charge in [-0.1, -0.05) is 66.7 Å². The quantitative estimate of drug-likeness (QED) is 0.479. The predicted molar refractivity (Wildman–Crippen MR) is 119 cm³/mol. The van der Waals surface area contributed by atoms with Crippen LogP contribution < -0.4 is 4.74 Å². The summed E-state index contributed by atoms with van der Waals surface area (Å²) in [6, 6.07) is 24.3. The smallest absolute Gasteiger partial charge is 0.344 e. The molecule has 0 aliphatic carbocycles. The molecule has 5 nitrogen and oxygen atoms in total. The minimum Gasteiger partial charge on any atom is -0.481 e. The molecule has 0 radical (unpaired) electrons. The topological polar surface area (TPSA) is 61.8 Å². The summed E-state index contributed by atoms with van der Waals surface area (Å²) in [5.41, 5.74) is 2.32. The summed E-state index contributed by atoms with van der Waals surface area (Å²) < 4.78 is 16.4. The van der Waals surface area contributed by atoms with Gasteiger partial charge in [0.15, 0.2) is 6.61 Å². The second-order valence-corrected chi connectivity index (χ2v) is 8.01. The molecule has 0 bridgehead atoms. The Morgan fingerprint density at radius 2 is 1.45 bits per heavy atom. The van der Waals surface area contributed by atoms with E-state index in [0.29, 0.717) is 0 Å². The number of esters is 2. The Balaban J connectivity index is 1.81. The number of carbonyl (C=O) groups is 2. The summed E-state index contributed by atoms with van der Waals surface area (Å²) in [6.45, 7) is 5.19. The van der Waals surface area contributed by atoms with E-state index in [4.69, 9.17) is 14.2 Å². The lowest BCUT2D eigenvalue weighted by molar-refractivity contribution is -0.157. The highest BCUT2D eigenvalue weighted by Crippen LogP contribution is 2.28. The average Bonchev–Trinajstić information content (AvgIpc) is 2.76. The maximum absolute atomic E-state index is 12.9. The Morgan fingerprint density at radius 1 is 0.806 bits per heavy atom. The zero-order valence-electron chi connectivity index (χ0n) is 18.0. The van der Waals surface area contributed by atoms with Crippen LogP contribution in [0.15, 0.2) is 78.9 Å². The maximum atomic E-state index is 12.9. The number of hydrogen-bond donors (Lipinski definition) is 0. The Hall–Kier alpha value is -3.60. The van der Waals surface area contributed by atoms with Crippen LogP contribution in [0.5, 0.6) is 5.75 Å². The van der Waals surface area contributed by atoms with E-state index in [1.165, 1.54) is 0 Å². The zero-order valence-corrected chi connectivity index (χ0v) is 18.0. The Bertz CT molecular complexity index is 1020. The van der Waals surface area contributed by atoms with Crippen molar-refractivity contribution in [2.75, 3.05) is 6.61 Å². The van der Waals surface area contributed by atoms with Crippen molar-refractivity contribution >= 4 is 11.9 Å². The van der Waals surface area contributed by atoms with Crippen molar-refractivity contribution in [3.63, 3.8) is 0 Å². The van der Waals surface area contributed by atoms with E-state index in [2.05, 4.69) is 0 Å². The zero-order chi connectivity index (χ0) is 22.3. The van der Waals surface area contributed by atoms with Gasteiger partial charge in [0, 0.05) is 0 Å². The highest BCUT2D eigenvalue weighted by atomic mass is 16.6. The molecule has 0 fully saturated rings. The third-order valence-electron chi connectivity index (χ3n) is 4.28. The third kappa shape index (κ3) is 6.71. The van der Waals surface area contributed by atoms with Crippen molar-refractivity contribution in [1.82, 2.24) is 0 Å². The molecule has 0 heterocycles. The van der Waals surface area contributed by atoms with Gasteiger partial charge in [0.1, 0.15) is 23.5 Å². The highest BCUT2D eigenvalue weighted by molar-refractivity contribution is 5.94. The van der Waals surface area contributed by atoms with Crippen molar-refractivity contribution in [2.45, 2.75) is 33.0 Å². The van der Waals surface area contributed by atoms with Crippen LogP contribution in [0.2, 0.25) is 0 Å². The molecule has 31 heavy (non-hydrogen) atoms. The first-order chi connectivity index (χ1) is 14.8. The van der Waals surface area contributed by atoms with E-state index in [-0.39, 0.29) is 24.5 Å². The lowest BCUT2D eigenvalue weighted by atomic mass is 10.0. The molecule has 0 amide bonds. The summed E-state index contributed by atoms with van der Waals surface area (Å²) >= 11 is 0. The van der Waals surface area contributed by atoms with Gasteiger partial charge >= 0.3 is 11.9 Å². The number of carbonyl (C=O) groups excluding carboxylic acids is 2. The lowest BCUT2D eigenvalue weighted by Crippen LogP contribution is -2.27. The molecule has 0 unspecified atom stereocenters. The summed E-state index contributed by atoms with van der Waals surface area (Å²) in [5.74, 6) is -0.771. The van der Waals surface area contributed by atoms with E-state index in [9.17, 15) is 9.59 Å². The fourth-order valence-corrected chi connectivity index (χ4v) is 2.93. The molecule has 3 rings (SSSR count). The molecular weight excluding hydrogens is 392 g/mol. The Labute approximate surface area is 182 Å². The molecule has 0 atom stereocenters. The van der Waals surface area contributed by atoms with Crippen molar-refractivity contribution in [3.05, 3.63) is 90.0 Å². The molecule has 3 aromatic rings.